The lowest BCUT2D eigenvalue weighted by atomic mass is 10.2. The molecular formula is C19H14F2N6O2. The number of H-pyrrole nitrogens is 1. The number of halogens is 2. The van der Waals surface area contributed by atoms with Crippen molar-refractivity contribution in [2.75, 3.05) is 10.6 Å². The van der Waals surface area contributed by atoms with Crippen molar-refractivity contribution >= 4 is 34.1 Å². The largest absolute Gasteiger partial charge is 0.508 e. The predicted octanol–water partition coefficient (Wildman–Crippen LogP) is 3.26. The minimum atomic E-state index is -1.12. The molecule has 4 N–H and O–H groups in total. The lowest BCUT2D eigenvalue weighted by Crippen LogP contribution is -2.16. The van der Waals surface area contributed by atoms with Crippen molar-refractivity contribution in [3.8, 4) is 5.75 Å². The summed E-state index contributed by atoms with van der Waals surface area (Å²) in [5, 5.41) is 22.3. The Kier molecular flexibility index (Phi) is 4.73. The van der Waals surface area contributed by atoms with Crippen LogP contribution in [0.25, 0.3) is 10.9 Å². The molecule has 0 bridgehead atoms. The van der Waals surface area contributed by atoms with Gasteiger partial charge in [0.05, 0.1) is 17.6 Å². The first-order valence-electron chi connectivity index (χ1n) is 8.48. The molecule has 0 spiro atoms. The summed E-state index contributed by atoms with van der Waals surface area (Å²) in [7, 11) is 0. The van der Waals surface area contributed by atoms with Gasteiger partial charge in [-0.25, -0.2) is 18.7 Å². The summed E-state index contributed by atoms with van der Waals surface area (Å²) in [6.07, 6.45) is 1.22. The van der Waals surface area contributed by atoms with Gasteiger partial charge in [-0.05, 0) is 24.3 Å². The summed E-state index contributed by atoms with van der Waals surface area (Å²) in [5.74, 6) is -1.73. The molecule has 2 aromatic heterocycles. The molecule has 0 saturated heterocycles. The number of hydrogen-bond donors (Lipinski definition) is 4. The number of nitrogens with one attached hydrogen (secondary N) is 3. The average Bonchev–Trinajstić information content (AvgIpc) is 3.12. The zero-order valence-electron chi connectivity index (χ0n) is 14.8. The zero-order chi connectivity index (χ0) is 20.4. The van der Waals surface area contributed by atoms with Crippen LogP contribution < -0.4 is 10.6 Å². The number of fused-ring (bicyclic) bond motifs is 1. The Morgan fingerprint density at radius 1 is 1.14 bits per heavy atom. The van der Waals surface area contributed by atoms with E-state index in [4.69, 9.17) is 0 Å². The van der Waals surface area contributed by atoms with Crippen LogP contribution in [0.5, 0.6) is 5.75 Å². The van der Waals surface area contributed by atoms with Crippen molar-refractivity contribution in [1.82, 2.24) is 20.2 Å². The van der Waals surface area contributed by atoms with E-state index >= 15 is 0 Å². The van der Waals surface area contributed by atoms with Gasteiger partial charge in [-0.1, -0.05) is 6.07 Å². The van der Waals surface area contributed by atoms with E-state index < -0.39 is 17.5 Å². The van der Waals surface area contributed by atoms with Crippen LogP contribution in [0.4, 0.5) is 26.1 Å². The molecule has 0 aliphatic carbocycles. The normalized spacial score (nSPS) is 10.8. The standard InChI is InChI=1S/C19H14F2N6O2/c20-13-2-1-3-14(18(13)21)24-17(29)7-10-6-16(27-26-10)25-19-12-5-4-11(28)8-15(12)22-9-23-19/h1-6,8-9,28H,7H2,(H,24,29)(H2,22,23,25,26,27). The summed E-state index contributed by atoms with van der Waals surface area (Å²) >= 11 is 0. The fraction of sp³-hybridized carbons (Fsp3) is 0.0526. The van der Waals surface area contributed by atoms with Crippen LogP contribution in [0.15, 0.2) is 48.8 Å². The first-order valence-corrected chi connectivity index (χ1v) is 8.48. The minimum Gasteiger partial charge on any atom is -0.508 e. The van der Waals surface area contributed by atoms with Crippen LogP contribution in [-0.2, 0) is 11.2 Å². The molecule has 4 aromatic rings. The van der Waals surface area contributed by atoms with Crippen molar-refractivity contribution in [3.05, 3.63) is 66.1 Å². The van der Waals surface area contributed by atoms with Crippen LogP contribution in [0.1, 0.15) is 5.69 Å². The molecule has 2 heterocycles. The smallest absolute Gasteiger partial charge is 0.230 e. The number of hydrogen-bond acceptors (Lipinski definition) is 6. The molecule has 0 unspecified atom stereocenters. The van der Waals surface area contributed by atoms with Gasteiger partial charge < -0.3 is 15.7 Å². The molecule has 0 fully saturated rings. The maximum absolute atomic E-state index is 13.7. The number of phenols is 1. The molecule has 2 aromatic carbocycles. The topological polar surface area (TPSA) is 116 Å². The van der Waals surface area contributed by atoms with E-state index in [-0.39, 0.29) is 17.9 Å². The van der Waals surface area contributed by atoms with Gasteiger partial charge in [0.25, 0.3) is 0 Å². The van der Waals surface area contributed by atoms with Crippen LogP contribution >= 0.6 is 0 Å². The third-order valence-corrected chi connectivity index (χ3v) is 4.07. The highest BCUT2D eigenvalue weighted by atomic mass is 19.2. The molecule has 0 radical (unpaired) electrons. The van der Waals surface area contributed by atoms with Gasteiger partial charge in [0, 0.05) is 23.2 Å². The highest BCUT2D eigenvalue weighted by Crippen LogP contribution is 2.25. The molecule has 8 nitrogen and oxygen atoms in total. The van der Waals surface area contributed by atoms with Crippen molar-refractivity contribution in [2.24, 2.45) is 0 Å². The van der Waals surface area contributed by atoms with Gasteiger partial charge in [-0.15, -0.1) is 0 Å². The maximum Gasteiger partial charge on any atom is 0.230 e. The summed E-state index contributed by atoms with van der Waals surface area (Å²) < 4.78 is 26.9. The Hall–Kier alpha value is -4.08. The molecule has 0 atom stereocenters. The number of rotatable bonds is 5. The summed E-state index contributed by atoms with van der Waals surface area (Å²) in [5.41, 5.74) is 0.774. The Labute approximate surface area is 162 Å². The molecule has 29 heavy (non-hydrogen) atoms. The molecular weight excluding hydrogens is 382 g/mol. The van der Waals surface area contributed by atoms with E-state index in [0.29, 0.717) is 28.2 Å². The van der Waals surface area contributed by atoms with E-state index in [2.05, 4.69) is 30.8 Å². The lowest BCUT2D eigenvalue weighted by molar-refractivity contribution is -0.115. The Balaban J connectivity index is 1.46. The third kappa shape index (κ3) is 3.95. The number of amides is 1. The monoisotopic (exact) mass is 396 g/mol. The third-order valence-electron chi connectivity index (χ3n) is 4.07. The van der Waals surface area contributed by atoms with Crippen LogP contribution in [-0.4, -0.2) is 31.2 Å². The molecule has 4 rings (SSSR count). The number of phenolic OH excluding ortho intramolecular Hbond substituents is 1. The van der Waals surface area contributed by atoms with Crippen molar-refractivity contribution < 1.29 is 18.7 Å². The Morgan fingerprint density at radius 3 is 2.86 bits per heavy atom. The van der Waals surface area contributed by atoms with Crippen molar-refractivity contribution in [3.63, 3.8) is 0 Å². The first kappa shape index (κ1) is 18.3. The second-order valence-electron chi connectivity index (χ2n) is 6.15. The fourth-order valence-electron chi connectivity index (χ4n) is 2.75. The number of carbonyl (C=O) groups is 1. The van der Waals surface area contributed by atoms with Crippen molar-refractivity contribution in [2.45, 2.75) is 6.42 Å². The number of aromatic nitrogens is 4. The SMILES string of the molecule is O=C(Cc1cc(Nc2ncnc3cc(O)ccc23)n[nH]1)Nc1cccc(F)c1F. The Morgan fingerprint density at radius 2 is 2.00 bits per heavy atom. The van der Waals surface area contributed by atoms with Gasteiger partial charge >= 0.3 is 0 Å². The predicted molar refractivity (Wildman–Crippen MR) is 102 cm³/mol. The van der Waals surface area contributed by atoms with Gasteiger partial charge in [-0.3, -0.25) is 9.89 Å². The maximum atomic E-state index is 13.7. The lowest BCUT2D eigenvalue weighted by Gasteiger charge is -2.06. The molecule has 0 saturated carbocycles. The number of nitrogens with zero attached hydrogens (tertiary/aromatic N) is 3. The van der Waals surface area contributed by atoms with Crippen LogP contribution in [0.3, 0.4) is 0 Å². The molecule has 10 heteroatoms. The zero-order valence-corrected chi connectivity index (χ0v) is 14.8. The van der Waals surface area contributed by atoms with Crippen LogP contribution in [0.2, 0.25) is 0 Å². The molecule has 0 aliphatic rings. The second kappa shape index (κ2) is 7.50. The second-order valence-corrected chi connectivity index (χ2v) is 6.15. The first-order chi connectivity index (χ1) is 14.0. The quantitative estimate of drug-likeness (QED) is 0.412. The van der Waals surface area contributed by atoms with E-state index in [1.807, 2.05) is 0 Å². The molecule has 146 valence electrons. The number of aromatic hydroxyl groups is 1. The molecule has 0 aliphatic heterocycles. The minimum absolute atomic E-state index is 0.0879. The number of carbonyl (C=O) groups excluding carboxylic acids is 1. The van der Waals surface area contributed by atoms with Gasteiger partial charge in [0.2, 0.25) is 5.91 Å². The fourth-order valence-corrected chi connectivity index (χ4v) is 2.75. The van der Waals surface area contributed by atoms with Crippen molar-refractivity contribution in [1.29, 1.82) is 0 Å². The molecule has 1 amide bonds. The summed E-state index contributed by atoms with van der Waals surface area (Å²) in [4.78, 5) is 20.4. The summed E-state index contributed by atoms with van der Waals surface area (Å²) in [6, 6.07) is 9.83. The van der Waals surface area contributed by atoms with E-state index in [0.717, 1.165) is 6.07 Å². The summed E-state index contributed by atoms with van der Waals surface area (Å²) in [6.45, 7) is 0. The highest BCUT2D eigenvalue weighted by molar-refractivity contribution is 5.93. The van der Waals surface area contributed by atoms with Crippen LogP contribution in [0, 0.1) is 11.6 Å². The van der Waals surface area contributed by atoms with Gasteiger partial charge in [0.15, 0.2) is 17.5 Å². The van der Waals surface area contributed by atoms with E-state index in [9.17, 15) is 18.7 Å². The number of aromatic amines is 1. The van der Waals surface area contributed by atoms with Gasteiger partial charge in [-0.2, -0.15) is 5.10 Å². The van der Waals surface area contributed by atoms with E-state index in [1.54, 1.807) is 12.1 Å². The van der Waals surface area contributed by atoms with Gasteiger partial charge in [0.1, 0.15) is 17.9 Å². The number of benzene rings is 2. The average molecular weight is 396 g/mol. The number of anilines is 3. The van der Waals surface area contributed by atoms with E-state index in [1.165, 1.54) is 30.6 Å². The Bertz CT molecular complexity index is 1210. The highest BCUT2D eigenvalue weighted by Gasteiger charge is 2.13.